The molecule has 0 spiro atoms. The maximum absolute atomic E-state index is 13.3. The Bertz CT molecular complexity index is 830. The monoisotopic (exact) mass is 398 g/mol. The molecule has 0 radical (unpaired) electrons. The van der Waals surface area contributed by atoms with Crippen LogP contribution in [-0.4, -0.2) is 42.5 Å². The Morgan fingerprint density at radius 3 is 2.55 bits per heavy atom. The van der Waals surface area contributed by atoms with E-state index < -0.39 is 5.82 Å². The molecule has 2 amide bonds. The summed E-state index contributed by atoms with van der Waals surface area (Å²) >= 11 is 0. The van der Waals surface area contributed by atoms with E-state index >= 15 is 0 Å². The number of rotatable bonds is 7. The van der Waals surface area contributed by atoms with Crippen molar-refractivity contribution in [3.63, 3.8) is 0 Å². The highest BCUT2D eigenvalue weighted by Gasteiger charge is 2.24. The molecule has 0 bridgehead atoms. The Labute approximate surface area is 170 Å². The minimum Gasteiger partial charge on any atom is -0.494 e. The molecule has 2 aromatic rings. The van der Waals surface area contributed by atoms with Crippen LogP contribution in [0, 0.1) is 12.7 Å². The van der Waals surface area contributed by atoms with Gasteiger partial charge in [-0.2, -0.15) is 0 Å². The van der Waals surface area contributed by atoms with Crippen molar-refractivity contribution in [2.75, 3.05) is 19.7 Å². The number of carbonyl (C=O) groups is 2. The molecule has 0 aromatic heterocycles. The quantitative estimate of drug-likeness (QED) is 0.724. The van der Waals surface area contributed by atoms with E-state index in [0.29, 0.717) is 50.9 Å². The molecule has 6 heteroatoms. The standard InChI is InChI=1S/C23H27FN2O3/c1-17-7-9-21(10-8-17)29-15-3-6-22(27)26-13-11-20(12-14-26)25-23(28)18-4-2-5-19(24)16-18/h2,4-5,7-10,16,20H,3,6,11-15H2,1H3,(H,25,28). The molecule has 0 saturated carbocycles. The van der Waals surface area contributed by atoms with Gasteiger partial charge in [0.15, 0.2) is 0 Å². The first-order chi connectivity index (χ1) is 14.0. The van der Waals surface area contributed by atoms with E-state index in [-0.39, 0.29) is 17.9 Å². The van der Waals surface area contributed by atoms with Crippen molar-refractivity contribution in [1.82, 2.24) is 10.2 Å². The molecule has 29 heavy (non-hydrogen) atoms. The fourth-order valence-electron chi connectivity index (χ4n) is 3.38. The largest absolute Gasteiger partial charge is 0.494 e. The lowest BCUT2D eigenvalue weighted by Gasteiger charge is -2.32. The summed E-state index contributed by atoms with van der Waals surface area (Å²) in [5, 5.41) is 2.93. The molecular formula is C23H27FN2O3. The van der Waals surface area contributed by atoms with Gasteiger partial charge in [0.1, 0.15) is 11.6 Å². The zero-order valence-electron chi connectivity index (χ0n) is 16.7. The Balaban J connectivity index is 1.34. The molecule has 1 aliphatic heterocycles. The van der Waals surface area contributed by atoms with Gasteiger partial charge in [-0.15, -0.1) is 0 Å². The third-order valence-corrected chi connectivity index (χ3v) is 5.09. The highest BCUT2D eigenvalue weighted by atomic mass is 19.1. The topological polar surface area (TPSA) is 58.6 Å². The summed E-state index contributed by atoms with van der Waals surface area (Å²) in [5.41, 5.74) is 1.50. The molecule has 154 valence electrons. The van der Waals surface area contributed by atoms with Crippen molar-refractivity contribution in [3.8, 4) is 5.75 Å². The lowest BCUT2D eigenvalue weighted by Crippen LogP contribution is -2.46. The maximum Gasteiger partial charge on any atom is 0.251 e. The van der Waals surface area contributed by atoms with Gasteiger partial charge in [-0.05, 0) is 56.5 Å². The summed E-state index contributed by atoms with van der Waals surface area (Å²) in [6.07, 6.45) is 2.52. The highest BCUT2D eigenvalue weighted by Crippen LogP contribution is 2.15. The molecular weight excluding hydrogens is 371 g/mol. The second-order valence-corrected chi connectivity index (χ2v) is 7.40. The smallest absolute Gasteiger partial charge is 0.251 e. The van der Waals surface area contributed by atoms with Crippen molar-refractivity contribution in [2.45, 2.75) is 38.6 Å². The van der Waals surface area contributed by atoms with E-state index in [2.05, 4.69) is 5.32 Å². The number of carbonyl (C=O) groups excluding carboxylic acids is 2. The predicted octanol–water partition coefficient (Wildman–Crippen LogP) is 3.71. The molecule has 0 unspecified atom stereocenters. The first-order valence-electron chi connectivity index (χ1n) is 10.0. The van der Waals surface area contributed by atoms with Crippen LogP contribution >= 0.6 is 0 Å². The van der Waals surface area contributed by atoms with Crippen LogP contribution in [0.5, 0.6) is 5.75 Å². The van der Waals surface area contributed by atoms with E-state index in [1.165, 1.54) is 23.8 Å². The lowest BCUT2D eigenvalue weighted by atomic mass is 10.0. The van der Waals surface area contributed by atoms with E-state index in [4.69, 9.17) is 4.74 Å². The molecule has 1 N–H and O–H groups in total. The number of nitrogens with one attached hydrogen (secondary N) is 1. The number of likely N-dealkylation sites (tertiary alicyclic amines) is 1. The molecule has 1 heterocycles. The molecule has 5 nitrogen and oxygen atoms in total. The first-order valence-corrected chi connectivity index (χ1v) is 10.0. The number of halogens is 1. The van der Waals surface area contributed by atoms with Crippen molar-refractivity contribution < 1.29 is 18.7 Å². The summed E-state index contributed by atoms with van der Waals surface area (Å²) in [5.74, 6) is 0.234. The van der Waals surface area contributed by atoms with Crippen LogP contribution in [0.25, 0.3) is 0 Å². The van der Waals surface area contributed by atoms with Crippen molar-refractivity contribution in [1.29, 1.82) is 0 Å². The SMILES string of the molecule is Cc1ccc(OCCCC(=O)N2CCC(NC(=O)c3cccc(F)c3)CC2)cc1. The van der Waals surface area contributed by atoms with Crippen LogP contribution in [0.1, 0.15) is 41.6 Å². The highest BCUT2D eigenvalue weighted by molar-refractivity contribution is 5.94. The van der Waals surface area contributed by atoms with Gasteiger partial charge in [0.25, 0.3) is 5.91 Å². The van der Waals surface area contributed by atoms with Gasteiger partial charge < -0.3 is 15.0 Å². The van der Waals surface area contributed by atoms with Gasteiger partial charge in [-0.1, -0.05) is 23.8 Å². The summed E-state index contributed by atoms with van der Waals surface area (Å²) in [7, 11) is 0. The van der Waals surface area contributed by atoms with E-state index in [1.54, 1.807) is 6.07 Å². The van der Waals surface area contributed by atoms with Gasteiger partial charge in [0.2, 0.25) is 5.91 Å². The zero-order valence-corrected chi connectivity index (χ0v) is 16.7. The molecule has 0 atom stereocenters. The third kappa shape index (κ3) is 6.31. The Morgan fingerprint density at radius 1 is 1.14 bits per heavy atom. The van der Waals surface area contributed by atoms with Crippen LogP contribution in [0.4, 0.5) is 4.39 Å². The zero-order chi connectivity index (χ0) is 20.6. The van der Waals surface area contributed by atoms with Crippen molar-refractivity contribution >= 4 is 11.8 Å². The number of benzene rings is 2. The average molecular weight is 398 g/mol. The van der Waals surface area contributed by atoms with Gasteiger partial charge in [0.05, 0.1) is 6.61 Å². The lowest BCUT2D eigenvalue weighted by molar-refractivity contribution is -0.132. The summed E-state index contributed by atoms with van der Waals surface area (Å²) < 4.78 is 18.9. The molecule has 1 saturated heterocycles. The number of amides is 2. The van der Waals surface area contributed by atoms with Crippen LogP contribution < -0.4 is 10.1 Å². The number of hydrogen-bond acceptors (Lipinski definition) is 3. The van der Waals surface area contributed by atoms with E-state index in [0.717, 1.165) is 5.75 Å². The molecule has 1 aliphatic rings. The average Bonchev–Trinajstić information content (AvgIpc) is 2.73. The number of aryl methyl sites for hydroxylation is 1. The Hall–Kier alpha value is -2.89. The number of piperidine rings is 1. The molecule has 2 aromatic carbocycles. The summed E-state index contributed by atoms with van der Waals surface area (Å²) in [6, 6.07) is 13.5. The molecule has 3 rings (SSSR count). The Kier molecular flexibility index (Phi) is 7.22. The normalized spacial score (nSPS) is 14.5. The van der Waals surface area contributed by atoms with E-state index in [9.17, 15) is 14.0 Å². The van der Waals surface area contributed by atoms with Gasteiger partial charge in [-0.3, -0.25) is 9.59 Å². The van der Waals surface area contributed by atoms with Crippen molar-refractivity contribution in [3.05, 3.63) is 65.5 Å². The second kappa shape index (κ2) is 10.0. The van der Waals surface area contributed by atoms with Crippen molar-refractivity contribution in [2.24, 2.45) is 0 Å². The maximum atomic E-state index is 13.3. The van der Waals surface area contributed by atoms with Crippen LogP contribution in [-0.2, 0) is 4.79 Å². The second-order valence-electron chi connectivity index (χ2n) is 7.40. The minimum atomic E-state index is -0.426. The molecule has 1 fully saturated rings. The van der Waals surface area contributed by atoms with Crippen LogP contribution in [0.2, 0.25) is 0 Å². The van der Waals surface area contributed by atoms with Crippen LogP contribution in [0.15, 0.2) is 48.5 Å². The minimum absolute atomic E-state index is 0.000289. The van der Waals surface area contributed by atoms with E-state index in [1.807, 2.05) is 36.1 Å². The third-order valence-electron chi connectivity index (χ3n) is 5.09. The fraction of sp³-hybridized carbons (Fsp3) is 0.391. The fourth-order valence-corrected chi connectivity index (χ4v) is 3.38. The summed E-state index contributed by atoms with van der Waals surface area (Å²) in [6.45, 7) is 3.77. The number of nitrogens with zero attached hydrogens (tertiary/aromatic N) is 1. The Morgan fingerprint density at radius 2 is 1.86 bits per heavy atom. The van der Waals surface area contributed by atoms with Crippen LogP contribution in [0.3, 0.4) is 0 Å². The summed E-state index contributed by atoms with van der Waals surface area (Å²) in [4.78, 5) is 26.4. The number of hydrogen-bond donors (Lipinski definition) is 1. The molecule has 0 aliphatic carbocycles. The van der Waals surface area contributed by atoms with Gasteiger partial charge in [-0.25, -0.2) is 4.39 Å². The first kappa shape index (κ1) is 20.8. The number of ether oxygens (including phenoxy) is 1. The predicted molar refractivity (Wildman–Crippen MR) is 109 cm³/mol. The van der Waals surface area contributed by atoms with Gasteiger partial charge >= 0.3 is 0 Å². The van der Waals surface area contributed by atoms with Gasteiger partial charge in [0, 0.05) is 31.1 Å².